The van der Waals surface area contributed by atoms with Gasteiger partial charge in [0.1, 0.15) is 6.61 Å². The Morgan fingerprint density at radius 1 is 0.689 bits per heavy atom. The summed E-state index contributed by atoms with van der Waals surface area (Å²) in [6.07, 6.45) is 1.29. The summed E-state index contributed by atoms with van der Waals surface area (Å²) < 4.78 is 14.6. The smallest absolute Gasteiger partial charge is 0.336 e. The minimum Gasteiger partial charge on any atom is -0.464 e. The van der Waals surface area contributed by atoms with E-state index in [1.54, 1.807) is 13.8 Å². The number of hydrogen-bond acceptors (Lipinski definition) is 11. The summed E-state index contributed by atoms with van der Waals surface area (Å²) in [7, 11) is 0. The van der Waals surface area contributed by atoms with Gasteiger partial charge in [-0.05, 0) is 32.6 Å². The maximum atomic E-state index is 13.0. The number of esters is 2. The fourth-order valence-corrected chi connectivity index (χ4v) is 4.42. The number of hydrogen-bond donors (Lipinski definition) is 1. The first-order valence-electron chi connectivity index (χ1n) is 14.7. The zero-order valence-electron chi connectivity index (χ0n) is 26.1. The Morgan fingerprint density at radius 2 is 1.13 bits per heavy atom. The van der Waals surface area contributed by atoms with Crippen LogP contribution in [0.15, 0.2) is 41.4 Å². The molecule has 0 aliphatic carbocycles. The maximum Gasteiger partial charge on any atom is 0.336 e. The minimum atomic E-state index is -1.04. The summed E-state index contributed by atoms with van der Waals surface area (Å²) in [5.41, 5.74) is -5.68. The maximum absolute atomic E-state index is 13.0. The molecule has 2 aromatic rings. The van der Waals surface area contributed by atoms with Crippen molar-refractivity contribution in [1.82, 2.24) is 27.4 Å². The highest BCUT2D eigenvalue weighted by molar-refractivity contribution is 5.69. The van der Waals surface area contributed by atoms with Gasteiger partial charge in [-0.15, -0.1) is 6.58 Å². The third-order valence-corrected chi connectivity index (χ3v) is 6.59. The van der Waals surface area contributed by atoms with E-state index in [-0.39, 0.29) is 32.6 Å². The number of carbonyl (C=O) groups is 2. The number of rotatable bonds is 18. The van der Waals surface area contributed by atoms with Gasteiger partial charge in [0, 0.05) is 19.6 Å². The Kier molecular flexibility index (Phi) is 13.9. The van der Waals surface area contributed by atoms with Gasteiger partial charge in [-0.2, -0.15) is 0 Å². The van der Waals surface area contributed by atoms with E-state index in [4.69, 9.17) is 9.47 Å². The summed E-state index contributed by atoms with van der Waals surface area (Å²) in [5.74, 6) is -1.21. The fourth-order valence-electron chi connectivity index (χ4n) is 4.42. The second-order valence-electron chi connectivity index (χ2n) is 10.9. The quantitative estimate of drug-likeness (QED) is 0.143. The summed E-state index contributed by atoms with van der Waals surface area (Å²) in [6, 6.07) is 0. The summed E-state index contributed by atoms with van der Waals surface area (Å²) in [5, 5.41) is 9.32. The predicted octanol–water partition coefficient (Wildman–Crippen LogP) is -1.75. The van der Waals surface area contributed by atoms with Gasteiger partial charge < -0.3 is 14.6 Å². The van der Waals surface area contributed by atoms with E-state index >= 15 is 0 Å². The molecule has 0 spiro atoms. The van der Waals surface area contributed by atoms with E-state index in [0.29, 0.717) is 21.5 Å². The molecule has 0 saturated carbocycles. The van der Waals surface area contributed by atoms with Crippen LogP contribution >= 0.6 is 0 Å². The Labute approximate surface area is 257 Å². The molecular weight excluding hydrogens is 596 g/mol. The number of allylic oxidation sites excluding steroid dienone is 1. The largest absolute Gasteiger partial charge is 0.464 e. The number of aliphatic hydroxyl groups is 1. The lowest BCUT2D eigenvalue weighted by molar-refractivity contribution is -0.147. The van der Waals surface area contributed by atoms with Crippen LogP contribution in [-0.4, -0.2) is 63.8 Å². The fraction of sp³-hybridized carbons (Fsp3) is 0.643. The van der Waals surface area contributed by atoms with Gasteiger partial charge in [0.2, 0.25) is 0 Å². The van der Waals surface area contributed by atoms with Crippen molar-refractivity contribution in [1.29, 1.82) is 0 Å². The second-order valence-corrected chi connectivity index (χ2v) is 10.9. The Bertz CT molecular complexity index is 1720. The van der Waals surface area contributed by atoms with Crippen molar-refractivity contribution < 1.29 is 24.2 Å². The molecule has 0 fully saturated rings. The number of aromatic nitrogens is 6. The molecule has 2 rings (SSSR count). The molecule has 0 atom stereocenters. The van der Waals surface area contributed by atoms with Crippen molar-refractivity contribution in [3.63, 3.8) is 0 Å². The van der Waals surface area contributed by atoms with Crippen LogP contribution in [0.4, 0.5) is 0 Å². The molecule has 1 N–H and O–H groups in total. The van der Waals surface area contributed by atoms with Crippen molar-refractivity contribution in [3.05, 3.63) is 75.6 Å². The molecule has 0 amide bonds. The normalized spacial score (nSPS) is 11.3. The van der Waals surface area contributed by atoms with Crippen LogP contribution in [0.5, 0.6) is 0 Å². The molecular formula is C28H42N6O11. The van der Waals surface area contributed by atoms with Gasteiger partial charge >= 0.3 is 46.1 Å². The molecule has 0 radical (unpaired) electrons. The van der Waals surface area contributed by atoms with Crippen LogP contribution in [0.25, 0.3) is 0 Å². The Balaban J connectivity index is 2.22. The average molecular weight is 639 g/mol. The summed E-state index contributed by atoms with van der Waals surface area (Å²) >= 11 is 0. The molecule has 2 aromatic heterocycles. The summed E-state index contributed by atoms with van der Waals surface area (Å²) in [6.45, 7) is 8.01. The van der Waals surface area contributed by atoms with Gasteiger partial charge in [0.05, 0.1) is 45.2 Å². The highest BCUT2D eigenvalue weighted by Crippen LogP contribution is 2.03. The molecule has 250 valence electrons. The highest BCUT2D eigenvalue weighted by Gasteiger charge is 2.19. The lowest BCUT2D eigenvalue weighted by Gasteiger charge is -2.14. The van der Waals surface area contributed by atoms with Crippen molar-refractivity contribution in [2.24, 2.45) is 5.92 Å². The number of aliphatic hydroxyl groups excluding tert-OH is 1. The van der Waals surface area contributed by atoms with E-state index < -0.39 is 84.9 Å². The van der Waals surface area contributed by atoms with E-state index in [0.717, 1.165) is 24.7 Å². The van der Waals surface area contributed by atoms with Crippen molar-refractivity contribution in [3.8, 4) is 0 Å². The van der Waals surface area contributed by atoms with Crippen LogP contribution in [0, 0.1) is 5.92 Å². The van der Waals surface area contributed by atoms with E-state index in [1.165, 1.54) is 6.08 Å². The monoisotopic (exact) mass is 638 g/mol. The molecule has 0 saturated heterocycles. The molecule has 0 aromatic carbocycles. The number of ether oxygens (including phenoxy) is 2. The number of carbonyl (C=O) groups excluding carboxylic acids is 2. The molecule has 0 aliphatic heterocycles. The first kappa shape index (κ1) is 36.7. The SMILES string of the molecule is C=CCn1c(=O)n(CCC(=O)OCCn2c(=O)n(CCO)c(=O)n(CCCC(C)C)c2=O)c(=O)n(CCC(=O)OC(C)C)c1=O. The topological polar surface area (TPSA) is 205 Å². The van der Waals surface area contributed by atoms with Gasteiger partial charge in [-0.3, -0.25) is 9.59 Å². The zero-order chi connectivity index (χ0) is 33.8. The zero-order valence-corrected chi connectivity index (χ0v) is 26.1. The molecule has 0 unspecified atom stereocenters. The van der Waals surface area contributed by atoms with Crippen LogP contribution in [-0.2, 0) is 58.3 Å². The second kappa shape index (κ2) is 17.1. The van der Waals surface area contributed by atoms with Gasteiger partial charge in [0.25, 0.3) is 0 Å². The lowest BCUT2D eigenvalue weighted by Crippen LogP contribution is -2.55. The molecule has 0 bridgehead atoms. The van der Waals surface area contributed by atoms with Crippen LogP contribution in [0.2, 0.25) is 0 Å². The van der Waals surface area contributed by atoms with Crippen LogP contribution < -0.4 is 34.1 Å². The van der Waals surface area contributed by atoms with Gasteiger partial charge in [-0.25, -0.2) is 56.2 Å². The van der Waals surface area contributed by atoms with Crippen molar-refractivity contribution >= 4 is 11.9 Å². The van der Waals surface area contributed by atoms with Crippen LogP contribution in [0.1, 0.15) is 53.4 Å². The van der Waals surface area contributed by atoms with E-state index in [1.807, 2.05) is 13.8 Å². The van der Waals surface area contributed by atoms with Gasteiger partial charge in [0.15, 0.2) is 0 Å². The first-order valence-corrected chi connectivity index (χ1v) is 14.7. The number of nitrogens with zero attached hydrogens (tertiary/aromatic N) is 6. The molecule has 0 aliphatic rings. The highest BCUT2D eigenvalue weighted by atomic mass is 16.5. The Morgan fingerprint density at radius 3 is 1.60 bits per heavy atom. The molecule has 45 heavy (non-hydrogen) atoms. The van der Waals surface area contributed by atoms with E-state index in [2.05, 4.69) is 6.58 Å². The molecule has 17 nitrogen and oxygen atoms in total. The molecule has 17 heteroatoms. The lowest BCUT2D eigenvalue weighted by atomic mass is 10.1. The van der Waals surface area contributed by atoms with Crippen LogP contribution in [0.3, 0.4) is 0 Å². The molecule has 2 heterocycles. The third-order valence-electron chi connectivity index (χ3n) is 6.59. The third kappa shape index (κ3) is 9.72. The van der Waals surface area contributed by atoms with Crippen molar-refractivity contribution in [2.75, 3.05) is 13.2 Å². The Hall–Kier alpha value is -4.54. The summed E-state index contributed by atoms with van der Waals surface area (Å²) in [4.78, 5) is 102. The van der Waals surface area contributed by atoms with E-state index in [9.17, 15) is 43.5 Å². The first-order chi connectivity index (χ1) is 21.2. The van der Waals surface area contributed by atoms with Crippen molar-refractivity contribution in [2.45, 2.75) is 98.8 Å². The van der Waals surface area contributed by atoms with Gasteiger partial charge in [-0.1, -0.05) is 19.9 Å². The minimum absolute atomic E-state index is 0.0561. The average Bonchev–Trinajstić information content (AvgIpc) is 2.96. The standard InChI is InChI=1S/C28H42N6O11/c1-6-11-29-23(38)31(27(42)32(24(29)39)14-10-22(37)45-20(4)5)13-9-21(36)44-18-16-34-26(41)30(12-7-8-19(2)3)25(40)33(15-17-35)28(34)43/h6,19-20,35H,1,7-18H2,2-5H3. The predicted molar refractivity (Wildman–Crippen MR) is 161 cm³/mol.